The Morgan fingerprint density at radius 1 is 1.04 bits per heavy atom. The third kappa shape index (κ3) is 3.13. The van der Waals surface area contributed by atoms with Gasteiger partial charge in [0.05, 0.1) is 23.8 Å². The lowest BCUT2D eigenvalue weighted by Gasteiger charge is -2.19. The number of Topliss-reactive ketones (excluding diaryl/α,β-unsaturated/α-hetero) is 1. The molecule has 122 valence electrons. The van der Waals surface area contributed by atoms with Crippen LogP contribution in [0.5, 0.6) is 0 Å². The molecule has 3 rings (SSSR count). The molecule has 0 N–H and O–H groups in total. The van der Waals surface area contributed by atoms with Crippen LogP contribution in [0.25, 0.3) is 10.9 Å². The zero-order valence-corrected chi connectivity index (χ0v) is 14.1. The fraction of sp³-hybridized carbons (Fsp3) is 0.250. The van der Waals surface area contributed by atoms with E-state index >= 15 is 0 Å². The predicted molar refractivity (Wildman–Crippen MR) is 95.5 cm³/mol. The molecule has 0 atom stereocenters. The third-order valence-corrected chi connectivity index (χ3v) is 4.12. The van der Waals surface area contributed by atoms with Crippen LogP contribution in [-0.2, 0) is 12.0 Å². The fourth-order valence-electron chi connectivity index (χ4n) is 2.62. The van der Waals surface area contributed by atoms with Crippen molar-refractivity contribution in [1.82, 2.24) is 9.55 Å². The van der Waals surface area contributed by atoms with Crippen molar-refractivity contribution in [2.75, 3.05) is 0 Å². The van der Waals surface area contributed by atoms with Gasteiger partial charge in [-0.1, -0.05) is 57.2 Å². The number of rotatable bonds is 3. The zero-order chi connectivity index (χ0) is 17.3. The first-order chi connectivity index (χ1) is 11.4. The van der Waals surface area contributed by atoms with E-state index in [0.29, 0.717) is 16.5 Å². The van der Waals surface area contributed by atoms with Gasteiger partial charge in [-0.15, -0.1) is 0 Å². The second-order valence-corrected chi connectivity index (χ2v) is 6.95. The number of carbonyl (C=O) groups excluding carboxylic acids is 1. The summed E-state index contributed by atoms with van der Waals surface area (Å²) in [5.41, 5.74) is 2.26. The molecular weight excluding hydrogens is 300 g/mol. The first-order valence-corrected chi connectivity index (χ1v) is 7.94. The average Bonchev–Trinajstić information content (AvgIpc) is 2.57. The van der Waals surface area contributed by atoms with Crippen LogP contribution in [0.15, 0.2) is 59.7 Å². The van der Waals surface area contributed by atoms with Gasteiger partial charge in [-0.2, -0.15) is 0 Å². The smallest absolute Gasteiger partial charge is 0.261 e. The molecule has 0 fully saturated rings. The minimum Gasteiger partial charge on any atom is -0.292 e. The quantitative estimate of drug-likeness (QED) is 0.693. The van der Waals surface area contributed by atoms with Gasteiger partial charge in [-0.3, -0.25) is 14.2 Å². The number of benzene rings is 2. The van der Waals surface area contributed by atoms with Crippen molar-refractivity contribution in [3.05, 3.63) is 76.3 Å². The van der Waals surface area contributed by atoms with Crippen molar-refractivity contribution in [2.24, 2.45) is 0 Å². The van der Waals surface area contributed by atoms with Crippen molar-refractivity contribution in [2.45, 2.75) is 32.7 Å². The van der Waals surface area contributed by atoms with Gasteiger partial charge in [-0.25, -0.2) is 4.98 Å². The number of hydrogen-bond donors (Lipinski definition) is 0. The van der Waals surface area contributed by atoms with E-state index in [4.69, 9.17) is 0 Å². The summed E-state index contributed by atoms with van der Waals surface area (Å²) in [7, 11) is 0. The van der Waals surface area contributed by atoms with Gasteiger partial charge >= 0.3 is 0 Å². The second-order valence-electron chi connectivity index (χ2n) is 6.95. The summed E-state index contributed by atoms with van der Waals surface area (Å²) in [6, 6.07) is 14.7. The Kier molecular flexibility index (Phi) is 4.06. The Morgan fingerprint density at radius 3 is 2.38 bits per heavy atom. The minimum absolute atomic E-state index is 0.00840. The molecule has 0 unspecified atom stereocenters. The molecular formula is C20H20N2O2. The van der Waals surface area contributed by atoms with Gasteiger partial charge in [0.1, 0.15) is 0 Å². The maximum atomic E-state index is 12.5. The van der Waals surface area contributed by atoms with Crippen molar-refractivity contribution < 1.29 is 4.79 Å². The largest absolute Gasteiger partial charge is 0.292 e. The normalized spacial score (nSPS) is 11.6. The number of nitrogens with zero attached hydrogens (tertiary/aromatic N) is 2. The Labute approximate surface area is 140 Å². The van der Waals surface area contributed by atoms with Crippen LogP contribution in [0, 0.1) is 0 Å². The number of carbonyl (C=O) groups is 1. The fourth-order valence-corrected chi connectivity index (χ4v) is 2.62. The summed E-state index contributed by atoms with van der Waals surface area (Å²) in [5, 5.41) is 0.524. The average molecular weight is 320 g/mol. The number of fused-ring (bicyclic) bond motifs is 1. The van der Waals surface area contributed by atoms with E-state index in [9.17, 15) is 9.59 Å². The van der Waals surface area contributed by atoms with Crippen LogP contribution >= 0.6 is 0 Å². The molecule has 24 heavy (non-hydrogen) atoms. The molecule has 0 amide bonds. The molecule has 0 bridgehead atoms. The molecule has 0 saturated carbocycles. The van der Waals surface area contributed by atoms with Gasteiger partial charge in [-0.05, 0) is 23.1 Å². The molecule has 3 aromatic rings. The van der Waals surface area contributed by atoms with Crippen LogP contribution in [0.2, 0.25) is 0 Å². The molecule has 0 aliphatic rings. The predicted octanol–water partition coefficient (Wildman–Crippen LogP) is 3.58. The molecule has 4 heteroatoms. The zero-order valence-electron chi connectivity index (χ0n) is 14.1. The van der Waals surface area contributed by atoms with E-state index in [-0.39, 0.29) is 23.3 Å². The Morgan fingerprint density at radius 2 is 1.71 bits per heavy atom. The monoisotopic (exact) mass is 320 g/mol. The highest BCUT2D eigenvalue weighted by Crippen LogP contribution is 2.22. The first kappa shape index (κ1) is 16.1. The van der Waals surface area contributed by atoms with Crippen molar-refractivity contribution in [1.29, 1.82) is 0 Å². The standard InChI is InChI=1S/C20H20N2O2/c1-20(2,3)15-10-8-14(9-11-15)18(23)12-22-13-21-17-7-5-4-6-16(17)19(22)24/h4-11,13H,12H2,1-3H3. The summed E-state index contributed by atoms with van der Waals surface area (Å²) in [6.45, 7) is 6.38. The highest BCUT2D eigenvalue weighted by Gasteiger charge is 2.15. The molecule has 0 saturated heterocycles. The summed E-state index contributed by atoms with van der Waals surface area (Å²) >= 11 is 0. The van der Waals surface area contributed by atoms with Crippen molar-refractivity contribution in [3.63, 3.8) is 0 Å². The van der Waals surface area contributed by atoms with Crippen molar-refractivity contribution >= 4 is 16.7 Å². The lowest BCUT2D eigenvalue weighted by molar-refractivity contribution is 0.0970. The lowest BCUT2D eigenvalue weighted by atomic mass is 9.86. The molecule has 0 aliphatic carbocycles. The van der Waals surface area contributed by atoms with E-state index in [0.717, 1.165) is 0 Å². The topological polar surface area (TPSA) is 52.0 Å². The van der Waals surface area contributed by atoms with Crippen LogP contribution < -0.4 is 5.56 Å². The number of aromatic nitrogens is 2. The molecule has 4 nitrogen and oxygen atoms in total. The maximum absolute atomic E-state index is 12.5. The van der Waals surface area contributed by atoms with E-state index in [1.165, 1.54) is 16.5 Å². The van der Waals surface area contributed by atoms with E-state index in [1.807, 2.05) is 30.3 Å². The van der Waals surface area contributed by atoms with Gasteiger partial charge in [0.15, 0.2) is 5.78 Å². The van der Waals surface area contributed by atoms with Crippen molar-refractivity contribution in [3.8, 4) is 0 Å². The number of hydrogen-bond acceptors (Lipinski definition) is 3. The molecule has 0 spiro atoms. The highest BCUT2D eigenvalue weighted by molar-refractivity contribution is 5.96. The van der Waals surface area contributed by atoms with Crippen LogP contribution in [0.1, 0.15) is 36.7 Å². The van der Waals surface area contributed by atoms with Gasteiger partial charge in [0.2, 0.25) is 0 Å². The van der Waals surface area contributed by atoms with Crippen LogP contribution in [-0.4, -0.2) is 15.3 Å². The highest BCUT2D eigenvalue weighted by atomic mass is 16.1. The molecule has 0 radical (unpaired) electrons. The third-order valence-electron chi connectivity index (χ3n) is 4.12. The van der Waals surface area contributed by atoms with Crippen LogP contribution in [0.3, 0.4) is 0 Å². The number of ketones is 1. The summed E-state index contributed by atoms with van der Waals surface area (Å²) in [5.74, 6) is -0.102. The SMILES string of the molecule is CC(C)(C)c1ccc(C(=O)Cn2cnc3ccccc3c2=O)cc1. The minimum atomic E-state index is -0.194. The Hall–Kier alpha value is -2.75. The van der Waals surface area contributed by atoms with Crippen LogP contribution in [0.4, 0.5) is 0 Å². The van der Waals surface area contributed by atoms with Gasteiger partial charge < -0.3 is 0 Å². The molecule has 1 aromatic heterocycles. The Balaban J connectivity index is 1.87. The molecule has 1 heterocycles. The lowest BCUT2D eigenvalue weighted by Crippen LogP contribution is -2.24. The van der Waals surface area contributed by atoms with E-state index in [2.05, 4.69) is 25.8 Å². The van der Waals surface area contributed by atoms with Gasteiger partial charge in [0.25, 0.3) is 5.56 Å². The second kappa shape index (κ2) is 6.04. The summed E-state index contributed by atoms with van der Waals surface area (Å²) < 4.78 is 1.36. The van der Waals surface area contributed by atoms with Gasteiger partial charge in [0, 0.05) is 5.56 Å². The maximum Gasteiger partial charge on any atom is 0.261 e. The molecule has 0 aliphatic heterocycles. The molecule has 2 aromatic carbocycles. The van der Waals surface area contributed by atoms with E-state index in [1.54, 1.807) is 18.2 Å². The number of para-hydroxylation sites is 1. The Bertz CT molecular complexity index is 948. The summed E-state index contributed by atoms with van der Waals surface area (Å²) in [6.07, 6.45) is 1.44. The first-order valence-electron chi connectivity index (χ1n) is 7.94. The summed E-state index contributed by atoms with van der Waals surface area (Å²) in [4.78, 5) is 29.2. The van der Waals surface area contributed by atoms with E-state index < -0.39 is 0 Å².